The van der Waals surface area contributed by atoms with Gasteiger partial charge in [-0.25, -0.2) is 24.0 Å². The van der Waals surface area contributed by atoms with Crippen LogP contribution in [0.15, 0.2) is 151 Å². The first-order valence-electron chi connectivity index (χ1n) is 67.6. The van der Waals surface area contributed by atoms with Gasteiger partial charge in [0.05, 0.1) is 59.9 Å². The van der Waals surface area contributed by atoms with Crippen LogP contribution in [0, 0.1) is 88.7 Å². The second-order valence-corrected chi connectivity index (χ2v) is 29.3. The monoisotopic (exact) mass is 1830 g/mol. The Morgan fingerprint density at radius 3 is 0.785 bits per heavy atom. The Kier molecular flexibility index (Phi) is 27.2. The van der Waals surface area contributed by atoms with E-state index in [-0.39, 0.29) is 31.5 Å². The first-order valence-corrected chi connectivity index (χ1v) is 43.6. The van der Waals surface area contributed by atoms with Crippen LogP contribution in [0.3, 0.4) is 0 Å². The zero-order valence-electron chi connectivity index (χ0n) is 123. The predicted molar refractivity (Wildman–Crippen MR) is 517 cm³/mol. The summed E-state index contributed by atoms with van der Waals surface area (Å²) in [6, 6.07) is 13.6. The maximum Gasteiger partial charge on any atom is 0.344 e. The van der Waals surface area contributed by atoms with Gasteiger partial charge in [-0.05, 0) is 157 Å². The first kappa shape index (κ1) is 57.4. The normalized spacial score (nSPS) is 27.7. The molecule has 5 atom stereocenters. The highest BCUT2D eigenvalue weighted by atomic mass is 16.6. The van der Waals surface area contributed by atoms with E-state index >= 15 is 0 Å². The minimum absolute atomic E-state index is 0.189. The molecule has 0 saturated heterocycles. The molecule has 0 aliphatic heterocycles. The molecular weight excluding hydrogens is 1630 g/mol. The molecule has 0 spiro atoms. The molecule has 5 N–H and O–H groups in total. The van der Waals surface area contributed by atoms with Gasteiger partial charge in [-0.1, -0.05) is 376 Å². The zero-order chi connectivity index (χ0) is 137. The van der Waals surface area contributed by atoms with Crippen molar-refractivity contribution in [2.24, 2.45) is 29.5 Å². The quantitative estimate of drug-likeness (QED) is 0.0144. The summed E-state index contributed by atoms with van der Waals surface area (Å²) in [5.41, 5.74) is -16.1. The molecular formula is C110H155N5O15. The molecule has 710 valence electrons. The maximum absolute atomic E-state index is 13.7. The Balaban J connectivity index is 0.000000338. The highest BCUT2D eigenvalue weighted by molar-refractivity contribution is 5.84. The van der Waals surface area contributed by atoms with Crippen LogP contribution >= 0.6 is 0 Å². The number of hydrogen-bond donors (Lipinski definition) is 5. The molecule has 5 fully saturated rings. The number of esters is 5. The second kappa shape index (κ2) is 61.5. The van der Waals surface area contributed by atoms with Crippen molar-refractivity contribution in [3.8, 4) is 59.2 Å². The minimum atomic E-state index is -4.58. The smallest absolute Gasteiger partial charge is 0.344 e. The van der Waals surface area contributed by atoms with Crippen molar-refractivity contribution in [3.63, 3.8) is 0 Å². The number of benzene rings is 5. The standard InChI is InChI=1S/5C22H31NO3/c5*1-3-23(4-2)17-11-12-18-26-21(24)22(25,19-13-7-5-8-14-19)20-15-9-6-10-16-20/h5*5,7-8,13-14,20,25H,3-4,6,9-10,15-18H2,1-2H3/i5D,6D2,7D,8D,9D2,10D2,13D,14D,15D2,16D2,17D2,20D;6D2,9D2,10D2,15D2,16D2,17D2,20D;5D,7D,8D,13D,14D,17D2;1D3,2D3,17D2;17D2. The number of rotatable bonds is 35. The number of aliphatic hydroxyl groups is 5. The lowest BCUT2D eigenvalue weighted by Gasteiger charge is -2.36. The van der Waals surface area contributed by atoms with Gasteiger partial charge in [0.1, 0.15) is 0 Å². The van der Waals surface area contributed by atoms with Crippen LogP contribution in [0.4, 0.5) is 0 Å². The van der Waals surface area contributed by atoms with Crippen molar-refractivity contribution >= 4 is 29.8 Å². The lowest BCUT2D eigenvalue weighted by Crippen LogP contribution is -2.45. The molecule has 0 heterocycles. The fourth-order valence-corrected chi connectivity index (χ4v) is 14.0. The summed E-state index contributed by atoms with van der Waals surface area (Å²) in [6.45, 7) is -3.98. The summed E-state index contributed by atoms with van der Waals surface area (Å²) in [5, 5.41) is 58.4. The average Bonchev–Trinajstić information content (AvgIpc) is 0.643. The van der Waals surface area contributed by atoms with Crippen LogP contribution in [0.1, 0.15) is 323 Å². The van der Waals surface area contributed by atoms with Crippen LogP contribution in [0.25, 0.3) is 0 Å². The largest absolute Gasteiger partial charge is 0.450 e. The van der Waals surface area contributed by atoms with Crippen molar-refractivity contribution in [1.82, 2.24) is 24.5 Å². The third-order valence-corrected chi connectivity index (χ3v) is 21.5. The van der Waals surface area contributed by atoms with Gasteiger partial charge in [-0.2, -0.15) is 0 Å². The van der Waals surface area contributed by atoms with Gasteiger partial charge in [0.15, 0.2) is 61.0 Å². The van der Waals surface area contributed by atoms with E-state index in [1.54, 1.807) is 101 Å². The fourth-order valence-electron chi connectivity index (χ4n) is 14.0. The number of carbonyl (C=O) groups is 5. The van der Waals surface area contributed by atoms with Gasteiger partial charge in [-0.15, -0.1) is 0 Å². The van der Waals surface area contributed by atoms with Crippen molar-refractivity contribution in [2.45, 2.75) is 257 Å². The highest BCUT2D eigenvalue weighted by Gasteiger charge is 2.52. The lowest BCUT2D eigenvalue weighted by atomic mass is 9.73. The van der Waals surface area contributed by atoms with E-state index in [0.717, 1.165) is 82.8 Å². The van der Waals surface area contributed by atoms with Gasteiger partial charge < -0.3 is 49.2 Å². The summed E-state index contributed by atoms with van der Waals surface area (Å²) in [5.74, 6) is 6.53. The summed E-state index contributed by atoms with van der Waals surface area (Å²) in [4.78, 5) is 72.6. The molecule has 10 rings (SSSR count). The molecule has 5 aromatic rings. The Morgan fingerprint density at radius 1 is 0.323 bits per heavy atom. The molecule has 0 amide bonds. The summed E-state index contributed by atoms with van der Waals surface area (Å²) < 4.78 is 414. The molecule has 0 radical (unpaired) electrons. The van der Waals surface area contributed by atoms with Gasteiger partial charge in [-0.3, -0.25) is 24.5 Å². The molecule has 20 nitrogen and oxygen atoms in total. The van der Waals surface area contributed by atoms with Crippen LogP contribution in [-0.4, -0.2) is 211 Å². The van der Waals surface area contributed by atoms with Crippen LogP contribution in [0.2, 0.25) is 0 Å². The molecule has 5 aromatic carbocycles. The zero-order valence-corrected chi connectivity index (χ0v) is 75.2. The van der Waals surface area contributed by atoms with Crippen LogP contribution in [-0.2, 0) is 75.7 Å². The minimum Gasteiger partial charge on any atom is -0.450 e. The summed E-state index contributed by atoms with van der Waals surface area (Å²) >= 11 is 0. The van der Waals surface area contributed by atoms with Crippen LogP contribution < -0.4 is 0 Å². The topological polar surface area (TPSA) is 249 Å². The van der Waals surface area contributed by atoms with Crippen LogP contribution in [0.5, 0.6) is 0 Å². The number of hydrogen-bond acceptors (Lipinski definition) is 20. The molecule has 5 aliphatic rings. The van der Waals surface area contributed by atoms with E-state index in [9.17, 15) is 49.5 Å². The Labute approximate surface area is 847 Å². The molecule has 5 aliphatic carbocycles. The fraction of sp³-hybridized carbons (Fsp3) is 0.591. The highest BCUT2D eigenvalue weighted by Crippen LogP contribution is 2.46. The Bertz CT molecular complexity index is 6720. The Morgan fingerprint density at radius 2 is 0.538 bits per heavy atom. The SMILES string of the molecule is [2H]C([2H])(C#CCOC(=O)C(O)(c1ccccc1)C1([2H])C([2H])([2H])C([2H])([2H])C([2H])([2H])C([2H])([2H])C1([2H])[2H])N(CC)CC.[2H]C([2H])(C#CCOC(=O)C(O)(c1ccccc1)C1CCCCC1)N(CC)CC.[2H]C([2H])([2H])CN(CC([2H])([2H])[2H])C([2H])([2H])C#CCOC(=O)C(O)(c1ccccc1)C1CCCCC1.[2H]c1c([2H])c([2H])c(C(O)(C(=O)OCC#CC([2H])([2H])N(CC)CC)C2([2H])C([2H])([2H])C([2H])([2H])C([2H])([2H])C([2H])([2H])C2([2H])[2H])c([2H])c1[2H].[2H]c1c([2H])c([2H])c(C(O)(C(=O)OCC#CC([2H])([2H])N(CC)CC)C2CCCCC2)c([2H])c1[2H]. The Hall–Kier alpha value is -9.15. The first-order chi connectivity index (χ1) is 81.5. The maximum atomic E-state index is 13.7. The molecule has 5 saturated carbocycles. The van der Waals surface area contributed by atoms with E-state index in [1.165, 1.54) is 32.9 Å². The third kappa shape index (κ3) is 33.8. The van der Waals surface area contributed by atoms with Gasteiger partial charge >= 0.3 is 29.8 Å². The average molecular weight is 1840 g/mol. The molecule has 0 bridgehead atoms. The van der Waals surface area contributed by atoms with Crippen molar-refractivity contribution < 1.29 is 139 Å². The van der Waals surface area contributed by atoms with E-state index < -0.39 is 302 Å². The van der Waals surface area contributed by atoms with Crippen molar-refractivity contribution in [2.75, 3.05) is 131 Å². The van der Waals surface area contributed by atoms with Crippen molar-refractivity contribution in [1.29, 1.82) is 0 Å². The number of carbonyl (C=O) groups excluding carboxylic acids is 5. The van der Waals surface area contributed by atoms with Gasteiger partial charge in [0, 0.05) is 67.9 Å². The second-order valence-electron chi connectivity index (χ2n) is 29.3. The van der Waals surface area contributed by atoms with E-state index in [4.69, 9.17) is 89.5 Å². The summed E-state index contributed by atoms with van der Waals surface area (Å²) in [7, 11) is 0. The van der Waals surface area contributed by atoms with E-state index in [0.29, 0.717) is 81.0 Å². The lowest BCUT2D eigenvalue weighted by molar-refractivity contribution is -0.174. The predicted octanol–water partition coefficient (Wildman–Crippen LogP) is 16.7. The summed E-state index contributed by atoms with van der Waals surface area (Å²) in [6.07, 6.45) is -29.2. The number of ether oxygens (including phenoxy) is 5. The van der Waals surface area contributed by atoms with E-state index in [2.05, 4.69) is 59.2 Å². The number of nitrogens with zero attached hydrogens (tertiary/aromatic N) is 5. The molecule has 0 aromatic heterocycles. The van der Waals surface area contributed by atoms with E-state index in [1.807, 2.05) is 19.9 Å². The third-order valence-electron chi connectivity index (χ3n) is 21.5. The molecule has 5 unspecified atom stereocenters. The van der Waals surface area contributed by atoms with Crippen molar-refractivity contribution in [3.05, 3.63) is 179 Å². The molecule has 130 heavy (non-hydrogen) atoms. The van der Waals surface area contributed by atoms with Gasteiger partial charge in [0.25, 0.3) is 0 Å². The molecule has 20 heteroatoms. The van der Waals surface area contributed by atoms with Gasteiger partial charge in [0.2, 0.25) is 0 Å².